The number of hydrogen-bond donors (Lipinski definition) is 1. The molecule has 1 aromatic heterocycles. The van der Waals surface area contributed by atoms with Gasteiger partial charge in [0.25, 0.3) is 0 Å². The Hall–Kier alpha value is -2.14. The predicted molar refractivity (Wildman–Crippen MR) is 128 cm³/mol. The van der Waals surface area contributed by atoms with Gasteiger partial charge in [0.15, 0.2) is 4.34 Å². The molecule has 0 aliphatic heterocycles. The molecule has 0 bridgehead atoms. The first kappa shape index (κ1) is 23.5. The van der Waals surface area contributed by atoms with Crippen LogP contribution < -0.4 is 9.62 Å². The molecule has 1 N–H and O–H groups in total. The summed E-state index contributed by atoms with van der Waals surface area (Å²) in [5.74, 6) is 0.218. The van der Waals surface area contributed by atoms with Crippen molar-refractivity contribution in [3.63, 3.8) is 0 Å². The molecular formula is C20H21ClN4O3S3. The van der Waals surface area contributed by atoms with Gasteiger partial charge in [-0.25, -0.2) is 8.42 Å². The number of thioether (sulfide) groups is 1. The highest BCUT2D eigenvalue weighted by Crippen LogP contribution is 2.30. The van der Waals surface area contributed by atoms with E-state index in [2.05, 4.69) is 15.5 Å². The fraction of sp³-hybridized carbons (Fsp3) is 0.250. The van der Waals surface area contributed by atoms with Gasteiger partial charge in [-0.2, -0.15) is 0 Å². The van der Waals surface area contributed by atoms with Crippen LogP contribution in [0.5, 0.6) is 0 Å². The molecule has 1 amide bonds. The van der Waals surface area contributed by atoms with E-state index in [0.29, 0.717) is 25.7 Å². The van der Waals surface area contributed by atoms with Crippen LogP contribution >= 0.6 is 34.7 Å². The summed E-state index contributed by atoms with van der Waals surface area (Å²) in [6.45, 7) is 3.28. The molecule has 0 aliphatic carbocycles. The van der Waals surface area contributed by atoms with E-state index < -0.39 is 22.0 Å². The second-order valence-corrected chi connectivity index (χ2v) is 11.3. The maximum Gasteiger partial charge on any atom is 0.249 e. The molecule has 0 unspecified atom stereocenters. The average molecular weight is 497 g/mol. The first-order valence-corrected chi connectivity index (χ1v) is 13.2. The molecule has 2 aromatic carbocycles. The summed E-state index contributed by atoms with van der Waals surface area (Å²) in [7, 11) is -3.75. The molecular weight excluding hydrogens is 476 g/mol. The SMILES string of the molecule is Cc1ccc(Cl)cc1N([C@H](C)C(=O)Nc1nnc(SCc2ccccc2)s1)S(C)(=O)=O. The molecule has 7 nitrogen and oxygen atoms in total. The Balaban J connectivity index is 1.72. The van der Waals surface area contributed by atoms with Crippen molar-refractivity contribution in [1.29, 1.82) is 0 Å². The Labute approximate surface area is 194 Å². The second-order valence-electron chi connectivity index (χ2n) is 6.80. The van der Waals surface area contributed by atoms with E-state index in [4.69, 9.17) is 11.6 Å². The number of benzene rings is 2. The van der Waals surface area contributed by atoms with Gasteiger partial charge in [-0.3, -0.25) is 14.4 Å². The minimum Gasteiger partial charge on any atom is -0.299 e. The number of carbonyl (C=O) groups excluding carboxylic acids is 1. The molecule has 0 radical (unpaired) electrons. The number of halogens is 1. The van der Waals surface area contributed by atoms with E-state index in [1.165, 1.54) is 36.1 Å². The van der Waals surface area contributed by atoms with Crippen molar-refractivity contribution in [2.24, 2.45) is 0 Å². The van der Waals surface area contributed by atoms with Gasteiger partial charge in [0.1, 0.15) is 6.04 Å². The van der Waals surface area contributed by atoms with Gasteiger partial charge in [0.05, 0.1) is 11.9 Å². The maximum absolute atomic E-state index is 12.8. The normalized spacial score (nSPS) is 12.4. The van der Waals surface area contributed by atoms with E-state index >= 15 is 0 Å². The Bertz CT molecular complexity index is 1170. The number of amides is 1. The van der Waals surface area contributed by atoms with E-state index in [1.54, 1.807) is 19.1 Å². The zero-order valence-electron chi connectivity index (χ0n) is 17.1. The van der Waals surface area contributed by atoms with Crippen LogP contribution in [0, 0.1) is 6.92 Å². The van der Waals surface area contributed by atoms with Crippen molar-refractivity contribution >= 4 is 61.4 Å². The molecule has 164 valence electrons. The van der Waals surface area contributed by atoms with Crippen molar-refractivity contribution in [2.75, 3.05) is 15.9 Å². The lowest BCUT2D eigenvalue weighted by Gasteiger charge is -2.29. The van der Waals surface area contributed by atoms with E-state index in [-0.39, 0.29) is 0 Å². The zero-order valence-corrected chi connectivity index (χ0v) is 20.3. The number of anilines is 2. The molecule has 31 heavy (non-hydrogen) atoms. The molecule has 1 heterocycles. The fourth-order valence-corrected chi connectivity index (χ4v) is 5.95. The summed E-state index contributed by atoms with van der Waals surface area (Å²) in [4.78, 5) is 12.8. The topological polar surface area (TPSA) is 92.3 Å². The number of aromatic nitrogens is 2. The largest absolute Gasteiger partial charge is 0.299 e. The van der Waals surface area contributed by atoms with Gasteiger partial charge < -0.3 is 0 Å². The van der Waals surface area contributed by atoms with Crippen LogP contribution in [-0.2, 0) is 20.6 Å². The number of hydrogen-bond acceptors (Lipinski definition) is 7. The second kappa shape index (κ2) is 9.99. The third-order valence-corrected chi connectivity index (χ3v) is 7.84. The quantitative estimate of drug-likeness (QED) is 0.362. The fourth-order valence-electron chi connectivity index (χ4n) is 2.85. The van der Waals surface area contributed by atoms with Gasteiger partial charge in [0.2, 0.25) is 21.1 Å². The molecule has 0 fully saturated rings. The highest BCUT2D eigenvalue weighted by Gasteiger charge is 2.31. The number of nitrogens with zero attached hydrogens (tertiary/aromatic N) is 3. The van der Waals surface area contributed by atoms with Crippen LogP contribution in [0.4, 0.5) is 10.8 Å². The van der Waals surface area contributed by atoms with Crippen molar-refractivity contribution in [2.45, 2.75) is 30.0 Å². The van der Waals surface area contributed by atoms with E-state index in [1.807, 2.05) is 30.3 Å². The van der Waals surface area contributed by atoms with Crippen LogP contribution in [0.15, 0.2) is 52.9 Å². The third kappa shape index (κ3) is 6.19. The zero-order chi connectivity index (χ0) is 22.6. The molecule has 1 atom stereocenters. The molecule has 3 rings (SSSR count). The molecule has 0 saturated heterocycles. The number of aryl methyl sites for hydroxylation is 1. The van der Waals surface area contributed by atoms with E-state index in [9.17, 15) is 13.2 Å². The molecule has 0 aliphatic rings. The van der Waals surface area contributed by atoms with Crippen molar-refractivity contribution in [1.82, 2.24) is 10.2 Å². The van der Waals surface area contributed by atoms with Crippen LogP contribution in [0.25, 0.3) is 0 Å². The first-order valence-electron chi connectivity index (χ1n) is 9.22. The minimum atomic E-state index is -3.75. The van der Waals surface area contributed by atoms with Crippen LogP contribution in [0.1, 0.15) is 18.1 Å². The minimum absolute atomic E-state index is 0.309. The molecule has 0 saturated carbocycles. The Kier molecular flexibility index (Phi) is 7.58. The van der Waals surface area contributed by atoms with Gasteiger partial charge in [-0.05, 0) is 37.1 Å². The standard InChI is InChI=1S/C20H21ClN4O3S3/c1-13-9-10-16(21)11-17(13)25(31(3,27)28)14(2)18(26)22-19-23-24-20(30-19)29-12-15-7-5-4-6-8-15/h4-11,14H,12H2,1-3H3,(H,22,23,26)/t14-/m1/s1. The Morgan fingerprint density at radius 2 is 1.94 bits per heavy atom. The lowest BCUT2D eigenvalue weighted by atomic mass is 10.2. The summed E-state index contributed by atoms with van der Waals surface area (Å²) < 4.78 is 26.8. The summed E-state index contributed by atoms with van der Waals surface area (Å²) in [5, 5.41) is 11.5. The average Bonchev–Trinajstić information content (AvgIpc) is 3.16. The Morgan fingerprint density at radius 1 is 1.23 bits per heavy atom. The van der Waals surface area contributed by atoms with E-state index in [0.717, 1.165) is 21.9 Å². The smallest absolute Gasteiger partial charge is 0.249 e. The first-order chi connectivity index (χ1) is 14.6. The van der Waals surface area contributed by atoms with Gasteiger partial charge >= 0.3 is 0 Å². The van der Waals surface area contributed by atoms with Crippen LogP contribution in [-0.4, -0.2) is 36.8 Å². The highest BCUT2D eigenvalue weighted by atomic mass is 35.5. The van der Waals surface area contributed by atoms with Gasteiger partial charge in [-0.15, -0.1) is 10.2 Å². The highest BCUT2D eigenvalue weighted by molar-refractivity contribution is 8.00. The predicted octanol–water partition coefficient (Wildman–Crippen LogP) is 4.59. The maximum atomic E-state index is 12.8. The summed E-state index contributed by atoms with van der Waals surface area (Å²) in [6, 6.07) is 13.8. The molecule has 3 aromatic rings. The van der Waals surface area contributed by atoms with Crippen LogP contribution in [0.3, 0.4) is 0 Å². The Morgan fingerprint density at radius 3 is 2.61 bits per heavy atom. The van der Waals surface area contributed by atoms with Gasteiger partial charge in [0, 0.05) is 10.8 Å². The number of carbonyl (C=O) groups is 1. The summed E-state index contributed by atoms with van der Waals surface area (Å²) >= 11 is 8.81. The lowest BCUT2D eigenvalue weighted by Crippen LogP contribution is -2.45. The third-order valence-electron chi connectivity index (χ3n) is 4.34. The summed E-state index contributed by atoms with van der Waals surface area (Å²) in [5.41, 5.74) is 2.20. The monoisotopic (exact) mass is 496 g/mol. The molecule has 11 heteroatoms. The van der Waals surface area contributed by atoms with Gasteiger partial charge in [-0.1, -0.05) is 71.1 Å². The number of sulfonamides is 1. The van der Waals surface area contributed by atoms with Crippen molar-refractivity contribution in [3.05, 3.63) is 64.7 Å². The summed E-state index contributed by atoms with van der Waals surface area (Å²) in [6.07, 6.45) is 1.06. The molecule has 0 spiro atoms. The van der Waals surface area contributed by atoms with Crippen LogP contribution in [0.2, 0.25) is 5.02 Å². The number of rotatable bonds is 8. The number of nitrogens with one attached hydrogen (secondary N) is 1. The van der Waals surface area contributed by atoms with Crippen molar-refractivity contribution in [3.8, 4) is 0 Å². The lowest BCUT2D eigenvalue weighted by molar-refractivity contribution is -0.116. The van der Waals surface area contributed by atoms with Crippen molar-refractivity contribution < 1.29 is 13.2 Å².